The van der Waals surface area contributed by atoms with E-state index in [-0.39, 0.29) is 12.0 Å². The Morgan fingerprint density at radius 3 is 2.50 bits per heavy atom. The summed E-state index contributed by atoms with van der Waals surface area (Å²) < 4.78 is 1.08. The summed E-state index contributed by atoms with van der Waals surface area (Å²) >= 11 is 3.41. The van der Waals surface area contributed by atoms with Gasteiger partial charge >= 0.3 is 0 Å². The molecule has 2 rings (SSSR count). The van der Waals surface area contributed by atoms with Crippen LogP contribution in [0.5, 0.6) is 0 Å². The van der Waals surface area contributed by atoms with Crippen LogP contribution in [-0.2, 0) is 5.41 Å². The van der Waals surface area contributed by atoms with Gasteiger partial charge in [0.2, 0.25) is 0 Å². The minimum atomic E-state index is 0.0510. The van der Waals surface area contributed by atoms with Crippen molar-refractivity contribution in [3.05, 3.63) is 34.3 Å². The van der Waals surface area contributed by atoms with Gasteiger partial charge in [-0.2, -0.15) is 0 Å². The van der Waals surface area contributed by atoms with E-state index in [1.807, 2.05) is 12.1 Å². The van der Waals surface area contributed by atoms with E-state index in [1.165, 1.54) is 5.56 Å². The first-order valence-electron chi connectivity index (χ1n) is 4.80. The fourth-order valence-electron chi connectivity index (χ4n) is 2.12. The molecule has 0 radical (unpaired) electrons. The van der Waals surface area contributed by atoms with Gasteiger partial charge in [-0.05, 0) is 30.0 Å². The van der Waals surface area contributed by atoms with Gasteiger partial charge in [0.1, 0.15) is 0 Å². The van der Waals surface area contributed by atoms with Gasteiger partial charge in [-0.15, -0.1) is 0 Å². The van der Waals surface area contributed by atoms with Crippen LogP contribution < -0.4 is 5.73 Å². The van der Waals surface area contributed by atoms with Crippen molar-refractivity contribution in [3.8, 4) is 0 Å². The van der Waals surface area contributed by atoms with E-state index in [0.29, 0.717) is 12.5 Å². The molecule has 0 aromatic heterocycles. The lowest BCUT2D eigenvalue weighted by molar-refractivity contribution is 0.264. The molecule has 0 amide bonds. The van der Waals surface area contributed by atoms with E-state index >= 15 is 0 Å². The molecule has 0 saturated heterocycles. The molecule has 1 saturated carbocycles. The van der Waals surface area contributed by atoms with Crippen molar-refractivity contribution in [3.63, 3.8) is 0 Å². The maximum atomic E-state index is 9.12. The molecule has 1 aliphatic rings. The van der Waals surface area contributed by atoms with Gasteiger partial charge in [0, 0.05) is 23.0 Å². The van der Waals surface area contributed by atoms with E-state index < -0.39 is 0 Å². The summed E-state index contributed by atoms with van der Waals surface area (Å²) in [5.41, 5.74) is 7.09. The van der Waals surface area contributed by atoms with Crippen LogP contribution in [0.4, 0.5) is 0 Å². The lowest BCUT2D eigenvalue weighted by atomic mass is 9.93. The highest BCUT2D eigenvalue weighted by Crippen LogP contribution is 2.53. The topological polar surface area (TPSA) is 46.2 Å². The normalized spacial score (nSPS) is 30.4. The summed E-state index contributed by atoms with van der Waals surface area (Å²) in [6, 6.07) is 8.23. The third-order valence-electron chi connectivity index (χ3n) is 3.24. The third-order valence-corrected chi connectivity index (χ3v) is 3.76. The zero-order valence-electron chi connectivity index (χ0n) is 7.91. The van der Waals surface area contributed by atoms with Gasteiger partial charge in [-0.3, -0.25) is 0 Å². The molecule has 1 aliphatic carbocycles. The number of aliphatic hydroxyl groups is 1. The van der Waals surface area contributed by atoms with E-state index in [2.05, 4.69) is 28.1 Å². The highest BCUT2D eigenvalue weighted by Gasteiger charge is 2.53. The first-order valence-corrected chi connectivity index (χ1v) is 5.59. The van der Waals surface area contributed by atoms with Gasteiger partial charge in [-0.25, -0.2) is 0 Å². The Labute approximate surface area is 92.3 Å². The zero-order valence-corrected chi connectivity index (χ0v) is 9.50. The number of halogens is 1. The van der Waals surface area contributed by atoms with Gasteiger partial charge in [0.25, 0.3) is 0 Å². The Bertz CT molecular complexity index is 325. The van der Waals surface area contributed by atoms with Crippen molar-refractivity contribution in [2.45, 2.75) is 11.8 Å². The predicted molar refractivity (Wildman–Crippen MR) is 60.1 cm³/mol. The number of aliphatic hydroxyl groups excluding tert-OH is 1. The molecule has 76 valence electrons. The minimum Gasteiger partial charge on any atom is -0.396 e. The second-order valence-electron chi connectivity index (χ2n) is 3.95. The number of benzene rings is 1. The van der Waals surface area contributed by atoms with Crippen LogP contribution in [0, 0.1) is 5.92 Å². The van der Waals surface area contributed by atoms with Gasteiger partial charge in [0.05, 0.1) is 0 Å². The maximum Gasteiger partial charge on any atom is 0.0468 e. The molecule has 1 fully saturated rings. The number of hydrogen-bond acceptors (Lipinski definition) is 2. The fourth-order valence-corrected chi connectivity index (χ4v) is 2.39. The van der Waals surface area contributed by atoms with Crippen LogP contribution >= 0.6 is 15.9 Å². The Balaban J connectivity index is 2.26. The number of hydrogen-bond donors (Lipinski definition) is 2. The lowest BCUT2D eigenvalue weighted by Crippen LogP contribution is -2.23. The second-order valence-corrected chi connectivity index (χ2v) is 4.87. The molecular formula is C11H14BrNO. The lowest BCUT2D eigenvalue weighted by Gasteiger charge is -2.14. The summed E-state index contributed by atoms with van der Waals surface area (Å²) in [6.45, 7) is 0.868. The predicted octanol–water partition coefficient (Wildman–Crippen LogP) is 1.66. The maximum absolute atomic E-state index is 9.12. The van der Waals surface area contributed by atoms with E-state index in [9.17, 15) is 0 Å². The molecule has 1 aromatic carbocycles. The monoisotopic (exact) mass is 255 g/mol. The average Bonchev–Trinajstić information content (AvgIpc) is 2.94. The Hall–Kier alpha value is -0.380. The SMILES string of the molecule is NC[C@]1(c2ccc(Br)cc2)CC1CO. The average molecular weight is 256 g/mol. The minimum absolute atomic E-state index is 0.0510. The van der Waals surface area contributed by atoms with Crippen LogP contribution in [0.2, 0.25) is 0 Å². The number of nitrogens with two attached hydrogens (primary N) is 1. The Morgan fingerprint density at radius 1 is 1.43 bits per heavy atom. The smallest absolute Gasteiger partial charge is 0.0468 e. The molecule has 0 spiro atoms. The van der Waals surface area contributed by atoms with Gasteiger partial charge in [0.15, 0.2) is 0 Å². The van der Waals surface area contributed by atoms with Crippen molar-refractivity contribution in [2.75, 3.05) is 13.2 Å². The molecule has 3 heteroatoms. The van der Waals surface area contributed by atoms with Crippen LogP contribution in [-0.4, -0.2) is 18.3 Å². The Morgan fingerprint density at radius 2 is 2.07 bits per heavy atom. The van der Waals surface area contributed by atoms with Crippen LogP contribution in [0.25, 0.3) is 0 Å². The third kappa shape index (κ3) is 1.49. The van der Waals surface area contributed by atoms with Crippen molar-refractivity contribution >= 4 is 15.9 Å². The second kappa shape index (κ2) is 3.65. The largest absolute Gasteiger partial charge is 0.396 e. The van der Waals surface area contributed by atoms with Crippen molar-refractivity contribution in [1.82, 2.24) is 0 Å². The molecule has 1 aromatic rings. The standard InChI is InChI=1S/C11H14BrNO/c12-10-3-1-8(2-4-10)11(7-13)5-9(11)6-14/h1-4,9,14H,5-7,13H2/t9?,11-/m0/s1. The highest BCUT2D eigenvalue weighted by atomic mass is 79.9. The Kier molecular flexibility index (Phi) is 2.64. The van der Waals surface area contributed by atoms with Crippen molar-refractivity contribution in [2.24, 2.45) is 11.7 Å². The molecule has 3 N–H and O–H groups in total. The molecule has 0 bridgehead atoms. The van der Waals surface area contributed by atoms with Crippen LogP contribution in [0.15, 0.2) is 28.7 Å². The summed E-state index contributed by atoms with van der Waals surface area (Å²) in [4.78, 5) is 0. The fraction of sp³-hybridized carbons (Fsp3) is 0.455. The highest BCUT2D eigenvalue weighted by molar-refractivity contribution is 9.10. The molecule has 0 aliphatic heterocycles. The van der Waals surface area contributed by atoms with Crippen LogP contribution in [0.1, 0.15) is 12.0 Å². The zero-order chi connectivity index (χ0) is 10.2. The van der Waals surface area contributed by atoms with Gasteiger partial charge in [-0.1, -0.05) is 28.1 Å². The number of rotatable bonds is 3. The van der Waals surface area contributed by atoms with Gasteiger partial charge < -0.3 is 10.8 Å². The molecule has 2 atom stereocenters. The van der Waals surface area contributed by atoms with E-state index in [0.717, 1.165) is 10.9 Å². The quantitative estimate of drug-likeness (QED) is 0.863. The summed E-state index contributed by atoms with van der Waals surface area (Å²) in [5.74, 6) is 0.355. The summed E-state index contributed by atoms with van der Waals surface area (Å²) in [7, 11) is 0. The summed E-state index contributed by atoms with van der Waals surface area (Å²) in [5, 5.41) is 9.12. The molecule has 0 heterocycles. The van der Waals surface area contributed by atoms with E-state index in [4.69, 9.17) is 10.8 Å². The molecular weight excluding hydrogens is 242 g/mol. The molecule has 14 heavy (non-hydrogen) atoms. The first-order chi connectivity index (χ1) is 6.73. The van der Waals surface area contributed by atoms with Crippen molar-refractivity contribution < 1.29 is 5.11 Å². The summed E-state index contributed by atoms with van der Waals surface area (Å²) in [6.07, 6.45) is 1.02. The molecule has 1 unspecified atom stereocenters. The first kappa shape index (κ1) is 10.1. The van der Waals surface area contributed by atoms with E-state index in [1.54, 1.807) is 0 Å². The molecule has 2 nitrogen and oxygen atoms in total. The van der Waals surface area contributed by atoms with Crippen LogP contribution in [0.3, 0.4) is 0 Å². The van der Waals surface area contributed by atoms with Crippen molar-refractivity contribution in [1.29, 1.82) is 0 Å².